The fourth-order valence-electron chi connectivity index (χ4n) is 2.29. The van der Waals surface area contributed by atoms with Gasteiger partial charge >= 0.3 is 0 Å². The number of hydrogen-bond acceptors (Lipinski definition) is 5. The van der Waals surface area contributed by atoms with E-state index in [9.17, 15) is 14.1 Å². The van der Waals surface area contributed by atoms with Gasteiger partial charge in [-0.05, 0) is 59.5 Å². The number of aromatic hydroxyl groups is 1. The number of benzene rings is 2. The van der Waals surface area contributed by atoms with Crippen LogP contribution in [0.4, 0.5) is 5.69 Å². The average molecular weight is 372 g/mol. The number of carbonyl (C=O) groups is 1. The van der Waals surface area contributed by atoms with Crippen LogP contribution < -0.4 is 5.32 Å². The van der Waals surface area contributed by atoms with Crippen LogP contribution in [0.3, 0.4) is 0 Å². The third-order valence-corrected chi connectivity index (χ3v) is 5.71. The quantitative estimate of drug-likeness (QED) is 0.593. The number of amides is 1. The highest BCUT2D eigenvalue weighted by atomic mass is 32.2. The minimum absolute atomic E-state index is 0.0204. The Morgan fingerprint density at radius 3 is 2.48 bits per heavy atom. The van der Waals surface area contributed by atoms with Crippen molar-refractivity contribution in [2.24, 2.45) is 0 Å². The highest BCUT2D eigenvalue weighted by Gasteiger charge is 2.12. The van der Waals surface area contributed by atoms with Crippen molar-refractivity contribution in [1.82, 2.24) is 0 Å². The molecule has 5 nitrogen and oxygen atoms in total. The highest BCUT2D eigenvalue weighted by molar-refractivity contribution is 7.91. The zero-order valence-corrected chi connectivity index (χ0v) is 15.0. The van der Waals surface area contributed by atoms with E-state index >= 15 is 0 Å². The number of rotatable bonds is 4. The summed E-state index contributed by atoms with van der Waals surface area (Å²) in [5, 5.41) is 14.6. The SMILES string of the molecule is CS(=N)(=O)c1ccc(C(=O)Nc2cc(-c3cccs3)ccc2O)cc1. The summed E-state index contributed by atoms with van der Waals surface area (Å²) in [7, 11) is -2.81. The maximum absolute atomic E-state index is 12.4. The van der Waals surface area contributed by atoms with Crippen molar-refractivity contribution in [2.75, 3.05) is 11.6 Å². The first-order valence-electron chi connectivity index (χ1n) is 7.37. The molecule has 2 aromatic carbocycles. The second-order valence-electron chi connectivity index (χ2n) is 5.53. The molecular formula is C18H16N2O3S2. The van der Waals surface area contributed by atoms with Crippen molar-refractivity contribution in [3.63, 3.8) is 0 Å². The monoisotopic (exact) mass is 372 g/mol. The number of anilines is 1. The van der Waals surface area contributed by atoms with Gasteiger partial charge in [-0.25, -0.2) is 8.99 Å². The van der Waals surface area contributed by atoms with Crippen LogP contribution in [-0.2, 0) is 9.73 Å². The van der Waals surface area contributed by atoms with Gasteiger partial charge in [0.05, 0.1) is 15.4 Å². The molecule has 1 unspecified atom stereocenters. The van der Waals surface area contributed by atoms with Crippen LogP contribution in [0.5, 0.6) is 5.75 Å². The Bertz CT molecular complexity index is 1010. The van der Waals surface area contributed by atoms with E-state index in [0.717, 1.165) is 10.4 Å². The summed E-state index contributed by atoms with van der Waals surface area (Å²) < 4.78 is 19.2. The standard InChI is InChI=1S/C18H16N2O3S2/c1-25(19,23)14-7-4-12(5-8-14)18(22)20-15-11-13(6-9-16(15)21)17-3-2-10-24-17/h2-11,19,21H,1H3,(H,20,22). The molecule has 0 spiro atoms. The summed E-state index contributed by atoms with van der Waals surface area (Å²) >= 11 is 1.57. The van der Waals surface area contributed by atoms with Crippen LogP contribution in [0.1, 0.15) is 10.4 Å². The normalized spacial score (nSPS) is 13.2. The molecule has 7 heteroatoms. The molecule has 3 aromatic rings. The first-order chi connectivity index (χ1) is 11.8. The molecule has 3 N–H and O–H groups in total. The molecule has 0 aliphatic rings. The molecular weight excluding hydrogens is 356 g/mol. The Labute approximate surface area is 149 Å². The summed E-state index contributed by atoms with van der Waals surface area (Å²) in [5.41, 5.74) is 1.58. The lowest BCUT2D eigenvalue weighted by Crippen LogP contribution is -2.12. The van der Waals surface area contributed by atoms with Gasteiger partial charge in [-0.1, -0.05) is 6.07 Å². The second-order valence-corrected chi connectivity index (χ2v) is 8.64. The lowest BCUT2D eigenvalue weighted by atomic mass is 10.1. The van der Waals surface area contributed by atoms with Gasteiger partial charge in [-0.2, -0.15) is 0 Å². The summed E-state index contributed by atoms with van der Waals surface area (Å²) in [4.78, 5) is 13.8. The fraction of sp³-hybridized carbons (Fsp3) is 0.0556. The smallest absolute Gasteiger partial charge is 0.255 e. The van der Waals surface area contributed by atoms with E-state index in [1.54, 1.807) is 29.5 Å². The third kappa shape index (κ3) is 3.89. The molecule has 0 saturated heterocycles. The molecule has 0 aliphatic heterocycles. The number of thiophene rings is 1. The van der Waals surface area contributed by atoms with Gasteiger partial charge in [-0.15, -0.1) is 11.3 Å². The number of phenols is 1. The van der Waals surface area contributed by atoms with Crippen LogP contribution in [0.25, 0.3) is 10.4 Å². The second kappa shape index (κ2) is 6.70. The molecule has 1 heterocycles. The van der Waals surface area contributed by atoms with Gasteiger partial charge < -0.3 is 10.4 Å². The fourth-order valence-corrected chi connectivity index (χ4v) is 3.67. The first-order valence-corrected chi connectivity index (χ1v) is 10.2. The molecule has 0 aliphatic carbocycles. The van der Waals surface area contributed by atoms with E-state index in [1.807, 2.05) is 17.5 Å². The molecule has 0 saturated carbocycles. The Balaban J connectivity index is 1.84. The van der Waals surface area contributed by atoms with Gasteiger partial charge in [0.15, 0.2) is 0 Å². The molecule has 0 fully saturated rings. The van der Waals surface area contributed by atoms with Crippen LogP contribution in [0.15, 0.2) is 64.9 Å². The Morgan fingerprint density at radius 2 is 1.88 bits per heavy atom. The van der Waals surface area contributed by atoms with Crippen LogP contribution in [0, 0.1) is 4.78 Å². The Hall–Kier alpha value is -2.64. The van der Waals surface area contributed by atoms with E-state index in [4.69, 9.17) is 4.78 Å². The molecule has 1 aromatic heterocycles. The lowest BCUT2D eigenvalue weighted by molar-refractivity contribution is 0.102. The highest BCUT2D eigenvalue weighted by Crippen LogP contribution is 2.32. The molecule has 1 atom stereocenters. The summed E-state index contributed by atoms with van der Waals surface area (Å²) in [5.74, 6) is -0.411. The van der Waals surface area contributed by atoms with Crippen LogP contribution >= 0.6 is 11.3 Å². The van der Waals surface area contributed by atoms with Crippen LogP contribution in [0.2, 0.25) is 0 Å². The predicted octanol–water partition coefficient (Wildman–Crippen LogP) is 4.41. The molecule has 0 radical (unpaired) electrons. The molecule has 3 rings (SSSR count). The predicted molar refractivity (Wildman–Crippen MR) is 101 cm³/mol. The summed E-state index contributed by atoms with van der Waals surface area (Å²) in [6.07, 6.45) is 1.33. The average Bonchev–Trinajstić information content (AvgIpc) is 3.10. The van der Waals surface area contributed by atoms with Crippen molar-refractivity contribution in [3.05, 3.63) is 65.5 Å². The van der Waals surface area contributed by atoms with Crippen molar-refractivity contribution in [2.45, 2.75) is 4.90 Å². The summed E-state index contributed by atoms with van der Waals surface area (Å²) in [6, 6.07) is 15.0. The van der Waals surface area contributed by atoms with Crippen molar-refractivity contribution in [1.29, 1.82) is 4.78 Å². The third-order valence-electron chi connectivity index (χ3n) is 3.62. The molecule has 25 heavy (non-hydrogen) atoms. The zero-order chi connectivity index (χ0) is 18.0. The molecule has 0 bridgehead atoms. The topological polar surface area (TPSA) is 90.2 Å². The van der Waals surface area contributed by atoms with E-state index in [0.29, 0.717) is 16.1 Å². The lowest BCUT2D eigenvalue weighted by Gasteiger charge is -2.10. The van der Waals surface area contributed by atoms with E-state index in [-0.39, 0.29) is 5.75 Å². The zero-order valence-electron chi connectivity index (χ0n) is 13.4. The van der Waals surface area contributed by atoms with Gasteiger partial charge in [0.2, 0.25) is 0 Å². The molecule has 128 valence electrons. The molecule has 1 amide bonds. The van der Waals surface area contributed by atoms with Gasteiger partial charge in [0.1, 0.15) is 5.75 Å². The first kappa shape index (κ1) is 17.2. The van der Waals surface area contributed by atoms with Gasteiger partial charge in [-0.3, -0.25) is 4.79 Å². The van der Waals surface area contributed by atoms with E-state index in [1.165, 1.54) is 30.5 Å². The minimum atomic E-state index is -2.81. The summed E-state index contributed by atoms with van der Waals surface area (Å²) in [6.45, 7) is 0. The van der Waals surface area contributed by atoms with Crippen molar-refractivity contribution < 1.29 is 14.1 Å². The van der Waals surface area contributed by atoms with Gasteiger partial charge in [0, 0.05) is 21.6 Å². The van der Waals surface area contributed by atoms with Crippen molar-refractivity contribution >= 4 is 32.7 Å². The largest absolute Gasteiger partial charge is 0.506 e. The van der Waals surface area contributed by atoms with E-state index < -0.39 is 15.6 Å². The maximum Gasteiger partial charge on any atom is 0.255 e. The minimum Gasteiger partial charge on any atom is -0.506 e. The van der Waals surface area contributed by atoms with Crippen molar-refractivity contribution in [3.8, 4) is 16.2 Å². The Morgan fingerprint density at radius 1 is 1.16 bits per heavy atom. The van der Waals surface area contributed by atoms with E-state index in [2.05, 4.69) is 5.32 Å². The number of nitrogens with one attached hydrogen (secondary N) is 2. The van der Waals surface area contributed by atoms with Crippen LogP contribution in [-0.4, -0.2) is 21.5 Å². The maximum atomic E-state index is 12.4. The number of phenolic OH excluding ortho intramolecular Hbond substituents is 1. The Kier molecular flexibility index (Phi) is 4.61. The number of hydrogen-bond donors (Lipinski definition) is 3. The number of carbonyl (C=O) groups excluding carboxylic acids is 1. The van der Waals surface area contributed by atoms with Gasteiger partial charge in [0.25, 0.3) is 5.91 Å².